The van der Waals surface area contributed by atoms with Crippen LogP contribution in [0.15, 0.2) is 29.1 Å². The lowest BCUT2D eigenvalue weighted by Gasteiger charge is -2.17. The molecule has 1 aliphatic carbocycles. The Hall–Kier alpha value is -2.82. The second kappa shape index (κ2) is 4.84. The number of ether oxygens (including phenoxy) is 2. The van der Waals surface area contributed by atoms with Crippen LogP contribution < -0.4 is 15.0 Å². The molecule has 116 valence electrons. The van der Waals surface area contributed by atoms with Crippen molar-refractivity contribution < 1.29 is 14.3 Å². The van der Waals surface area contributed by atoms with E-state index in [2.05, 4.69) is 4.98 Å². The number of pyridine rings is 1. The number of aromatic nitrogens is 1. The van der Waals surface area contributed by atoms with E-state index in [-0.39, 0.29) is 11.3 Å². The van der Waals surface area contributed by atoms with Gasteiger partial charge < -0.3 is 14.5 Å². The standard InChI is InChI=1S/C18H15NO4/c1-22-16-13-11(7-8-12(13)20)15-14(17(16)23-2)9-5-3-4-6-10(9)18(21)19-15/h3-6H,7-8H2,1-2H3,(H,19,21). The van der Waals surface area contributed by atoms with Crippen LogP contribution in [0.3, 0.4) is 0 Å². The van der Waals surface area contributed by atoms with Crippen molar-refractivity contribution in [2.24, 2.45) is 0 Å². The molecule has 0 fully saturated rings. The molecule has 1 heterocycles. The molecule has 5 nitrogen and oxygen atoms in total. The van der Waals surface area contributed by atoms with Crippen LogP contribution in [0.2, 0.25) is 0 Å². The summed E-state index contributed by atoms with van der Waals surface area (Å²) in [6, 6.07) is 7.37. The summed E-state index contributed by atoms with van der Waals surface area (Å²) in [6.07, 6.45) is 1.02. The van der Waals surface area contributed by atoms with Gasteiger partial charge in [-0.3, -0.25) is 9.59 Å². The van der Waals surface area contributed by atoms with Crippen LogP contribution >= 0.6 is 0 Å². The zero-order valence-corrected chi connectivity index (χ0v) is 12.9. The summed E-state index contributed by atoms with van der Waals surface area (Å²) >= 11 is 0. The number of H-pyrrole nitrogens is 1. The minimum Gasteiger partial charge on any atom is -0.492 e. The maximum absolute atomic E-state index is 12.4. The van der Waals surface area contributed by atoms with Crippen molar-refractivity contribution in [3.05, 3.63) is 45.7 Å². The van der Waals surface area contributed by atoms with Crippen LogP contribution in [0.5, 0.6) is 11.5 Å². The van der Waals surface area contributed by atoms with Crippen LogP contribution in [-0.2, 0) is 6.42 Å². The summed E-state index contributed by atoms with van der Waals surface area (Å²) in [6.45, 7) is 0. The monoisotopic (exact) mass is 309 g/mol. The van der Waals surface area contributed by atoms with Crippen molar-refractivity contribution >= 4 is 27.5 Å². The van der Waals surface area contributed by atoms with Gasteiger partial charge in [-0.1, -0.05) is 18.2 Å². The van der Waals surface area contributed by atoms with Crippen molar-refractivity contribution in [3.63, 3.8) is 0 Å². The van der Waals surface area contributed by atoms with E-state index in [0.717, 1.165) is 16.3 Å². The molecule has 0 aliphatic heterocycles. The number of carbonyl (C=O) groups excluding carboxylic acids is 1. The molecule has 0 saturated carbocycles. The molecule has 1 N–H and O–H groups in total. The number of aromatic amines is 1. The van der Waals surface area contributed by atoms with Gasteiger partial charge in [-0.05, 0) is 18.1 Å². The van der Waals surface area contributed by atoms with Crippen molar-refractivity contribution in [1.82, 2.24) is 4.98 Å². The highest BCUT2D eigenvalue weighted by atomic mass is 16.5. The van der Waals surface area contributed by atoms with Gasteiger partial charge in [-0.25, -0.2) is 0 Å². The maximum Gasteiger partial charge on any atom is 0.256 e. The molecule has 0 saturated heterocycles. The quantitative estimate of drug-likeness (QED) is 0.739. The van der Waals surface area contributed by atoms with Gasteiger partial charge in [0.25, 0.3) is 5.56 Å². The molecule has 4 rings (SSSR count). The molecule has 5 heteroatoms. The molecule has 2 aromatic carbocycles. The Labute approximate surface area is 131 Å². The second-order valence-corrected chi connectivity index (χ2v) is 5.59. The van der Waals surface area contributed by atoms with E-state index in [1.165, 1.54) is 7.11 Å². The first kappa shape index (κ1) is 13.8. The first-order chi connectivity index (χ1) is 11.2. The van der Waals surface area contributed by atoms with Crippen molar-refractivity contribution in [2.75, 3.05) is 14.2 Å². The topological polar surface area (TPSA) is 68.4 Å². The third-order valence-electron chi connectivity index (χ3n) is 4.48. The molecule has 0 amide bonds. The molecule has 3 aromatic rings. The number of aryl methyl sites for hydroxylation is 1. The SMILES string of the molecule is COc1c2c(c3[nH]c(=O)c4ccccc4c3c1OC)CCC2=O. The Bertz CT molecular complexity index is 1030. The van der Waals surface area contributed by atoms with Crippen molar-refractivity contribution in [1.29, 1.82) is 0 Å². The number of Topliss-reactive ketones (excluding diaryl/α,β-unsaturated/α-hetero) is 1. The first-order valence-corrected chi connectivity index (χ1v) is 7.42. The van der Waals surface area contributed by atoms with E-state index in [0.29, 0.717) is 40.8 Å². The van der Waals surface area contributed by atoms with Crippen LogP contribution in [0.25, 0.3) is 21.7 Å². The number of benzene rings is 2. The highest BCUT2D eigenvalue weighted by molar-refractivity contribution is 6.16. The fraction of sp³-hybridized carbons (Fsp3) is 0.222. The molecule has 0 atom stereocenters. The summed E-state index contributed by atoms with van der Waals surface area (Å²) < 4.78 is 11.1. The Morgan fingerprint density at radius 1 is 0.957 bits per heavy atom. The smallest absolute Gasteiger partial charge is 0.256 e. The molecule has 0 unspecified atom stereocenters. The Morgan fingerprint density at radius 2 is 1.65 bits per heavy atom. The van der Waals surface area contributed by atoms with Gasteiger partial charge in [0.2, 0.25) is 0 Å². The fourth-order valence-corrected chi connectivity index (χ4v) is 3.53. The average molecular weight is 309 g/mol. The second-order valence-electron chi connectivity index (χ2n) is 5.59. The first-order valence-electron chi connectivity index (χ1n) is 7.42. The summed E-state index contributed by atoms with van der Waals surface area (Å²) in [7, 11) is 3.08. The predicted octanol–water partition coefficient (Wildman–Crippen LogP) is 2.83. The van der Waals surface area contributed by atoms with Crippen molar-refractivity contribution in [2.45, 2.75) is 12.8 Å². The molecule has 23 heavy (non-hydrogen) atoms. The Kier molecular flexibility index (Phi) is 2.91. The third kappa shape index (κ3) is 1.73. The summed E-state index contributed by atoms with van der Waals surface area (Å²) in [5.74, 6) is 0.963. The highest BCUT2D eigenvalue weighted by Crippen LogP contribution is 2.46. The van der Waals surface area contributed by atoms with Gasteiger partial charge in [-0.2, -0.15) is 0 Å². The lowest BCUT2D eigenvalue weighted by atomic mass is 9.98. The number of carbonyl (C=O) groups is 1. The number of fused-ring (bicyclic) bond motifs is 5. The number of nitrogens with one attached hydrogen (secondary N) is 1. The van der Waals surface area contributed by atoms with Gasteiger partial charge in [0, 0.05) is 17.2 Å². The highest BCUT2D eigenvalue weighted by Gasteiger charge is 2.31. The number of methoxy groups -OCH3 is 2. The van der Waals surface area contributed by atoms with E-state index in [4.69, 9.17) is 9.47 Å². The third-order valence-corrected chi connectivity index (χ3v) is 4.48. The number of rotatable bonds is 2. The van der Waals surface area contributed by atoms with Crippen LogP contribution in [-0.4, -0.2) is 25.0 Å². The van der Waals surface area contributed by atoms with Crippen molar-refractivity contribution in [3.8, 4) is 11.5 Å². The predicted molar refractivity (Wildman–Crippen MR) is 87.8 cm³/mol. The van der Waals surface area contributed by atoms with E-state index in [1.54, 1.807) is 13.2 Å². The van der Waals surface area contributed by atoms with Crippen LogP contribution in [0.4, 0.5) is 0 Å². The lowest BCUT2D eigenvalue weighted by molar-refractivity contribution is 0.0991. The molecule has 0 spiro atoms. The number of ketones is 1. The minimum atomic E-state index is -0.165. The molecule has 1 aromatic heterocycles. The zero-order valence-electron chi connectivity index (χ0n) is 12.9. The van der Waals surface area contributed by atoms with Gasteiger partial charge >= 0.3 is 0 Å². The fourth-order valence-electron chi connectivity index (χ4n) is 3.53. The Morgan fingerprint density at radius 3 is 2.35 bits per heavy atom. The van der Waals surface area contributed by atoms with E-state index in [9.17, 15) is 9.59 Å². The van der Waals surface area contributed by atoms with E-state index in [1.807, 2.05) is 18.2 Å². The molecular formula is C18H15NO4. The summed E-state index contributed by atoms with van der Waals surface area (Å²) in [5.41, 5.74) is 1.88. The van der Waals surface area contributed by atoms with Gasteiger partial charge in [0.1, 0.15) is 0 Å². The van der Waals surface area contributed by atoms with Crippen LogP contribution in [0, 0.1) is 0 Å². The minimum absolute atomic E-state index is 0.0195. The van der Waals surface area contributed by atoms with Crippen LogP contribution in [0.1, 0.15) is 22.3 Å². The summed E-state index contributed by atoms with van der Waals surface area (Å²) in [4.78, 5) is 27.6. The molecular weight excluding hydrogens is 294 g/mol. The average Bonchev–Trinajstić information content (AvgIpc) is 2.96. The number of hydrogen-bond donors (Lipinski definition) is 1. The van der Waals surface area contributed by atoms with Gasteiger partial charge in [0.15, 0.2) is 17.3 Å². The van der Waals surface area contributed by atoms with Gasteiger partial charge in [-0.15, -0.1) is 0 Å². The van der Waals surface area contributed by atoms with E-state index >= 15 is 0 Å². The molecule has 0 radical (unpaired) electrons. The summed E-state index contributed by atoms with van der Waals surface area (Å²) in [5, 5.41) is 2.17. The maximum atomic E-state index is 12.4. The Balaban J connectivity index is 2.35. The zero-order chi connectivity index (χ0) is 16.1. The van der Waals surface area contributed by atoms with E-state index < -0.39 is 0 Å². The normalized spacial score (nSPS) is 13.6. The lowest BCUT2D eigenvalue weighted by Crippen LogP contribution is -2.10. The van der Waals surface area contributed by atoms with Gasteiger partial charge in [0.05, 0.1) is 30.7 Å². The largest absolute Gasteiger partial charge is 0.492 e. The molecule has 0 bridgehead atoms. The number of hydrogen-bond acceptors (Lipinski definition) is 4. The molecule has 1 aliphatic rings.